The Balaban J connectivity index is 1.33. The Morgan fingerprint density at radius 3 is 2.53 bits per heavy atom. The van der Waals surface area contributed by atoms with Gasteiger partial charge in [0.2, 0.25) is 5.91 Å². The molecule has 2 heterocycles. The number of anilines is 1. The van der Waals surface area contributed by atoms with Crippen LogP contribution in [0.3, 0.4) is 0 Å². The highest BCUT2D eigenvalue weighted by Crippen LogP contribution is 2.33. The molecule has 0 unspecified atom stereocenters. The maximum Gasteiger partial charge on any atom is 0.278 e. The van der Waals surface area contributed by atoms with Crippen LogP contribution in [0.4, 0.5) is 11.4 Å². The minimum absolute atomic E-state index is 0.0128. The molecule has 0 radical (unpaired) electrons. The zero-order valence-corrected chi connectivity index (χ0v) is 17.9. The van der Waals surface area contributed by atoms with E-state index in [9.17, 15) is 14.9 Å². The van der Waals surface area contributed by atoms with Crippen molar-refractivity contribution in [2.75, 3.05) is 44.7 Å². The Labute approximate surface area is 185 Å². The van der Waals surface area contributed by atoms with Gasteiger partial charge in [0.1, 0.15) is 5.75 Å². The van der Waals surface area contributed by atoms with Gasteiger partial charge >= 0.3 is 0 Å². The molecule has 9 heteroatoms. The predicted molar refractivity (Wildman–Crippen MR) is 122 cm³/mol. The van der Waals surface area contributed by atoms with Crippen LogP contribution in [-0.2, 0) is 11.3 Å². The van der Waals surface area contributed by atoms with Gasteiger partial charge < -0.3 is 15.0 Å². The first-order valence-corrected chi connectivity index (χ1v) is 10.4. The number of nitrogens with zero attached hydrogens (tertiary/aromatic N) is 4. The summed E-state index contributed by atoms with van der Waals surface area (Å²) in [5.41, 5.74) is 2.03. The van der Waals surface area contributed by atoms with E-state index in [2.05, 4.69) is 20.1 Å². The third kappa shape index (κ3) is 4.78. The molecule has 1 fully saturated rings. The molecule has 0 saturated carbocycles. The van der Waals surface area contributed by atoms with Crippen LogP contribution in [-0.4, -0.2) is 60.5 Å². The second-order valence-electron chi connectivity index (χ2n) is 7.67. The number of carbonyl (C=O) groups excluding carboxylic acids is 1. The normalized spacial score (nSPS) is 14.3. The zero-order valence-electron chi connectivity index (χ0n) is 17.9. The van der Waals surface area contributed by atoms with E-state index in [4.69, 9.17) is 4.74 Å². The van der Waals surface area contributed by atoms with Crippen LogP contribution < -0.4 is 15.0 Å². The Kier molecular flexibility index (Phi) is 6.46. The van der Waals surface area contributed by atoms with Gasteiger partial charge in [-0.3, -0.25) is 24.8 Å². The van der Waals surface area contributed by atoms with E-state index in [0.717, 1.165) is 48.6 Å². The van der Waals surface area contributed by atoms with Crippen molar-refractivity contribution in [1.82, 2.24) is 15.2 Å². The molecule has 0 bridgehead atoms. The monoisotopic (exact) mass is 435 g/mol. The number of nitrogens with one attached hydrogen (secondary N) is 1. The summed E-state index contributed by atoms with van der Waals surface area (Å²) in [4.78, 5) is 31.7. The summed E-state index contributed by atoms with van der Waals surface area (Å²) in [5, 5.41) is 15.7. The molecule has 0 spiro atoms. The van der Waals surface area contributed by atoms with E-state index in [1.807, 2.05) is 30.3 Å². The summed E-state index contributed by atoms with van der Waals surface area (Å²) in [7, 11) is 1.62. The number of carbonyl (C=O) groups is 1. The standard InChI is InChI=1S/C23H25N5O4/c1-32-18-4-2-17(3-5-18)14-25-23(29)16-26-10-12-27(13-11-26)21-6-7-22(28(30)31)20-15-24-9-8-19(20)21/h2-9,15H,10-14,16H2,1H3,(H,25,29). The molecule has 1 N–H and O–H groups in total. The Morgan fingerprint density at radius 1 is 1.09 bits per heavy atom. The lowest BCUT2D eigenvalue weighted by Crippen LogP contribution is -2.49. The number of nitro benzene ring substituents is 1. The molecule has 9 nitrogen and oxygen atoms in total. The van der Waals surface area contributed by atoms with Gasteiger partial charge in [-0.1, -0.05) is 12.1 Å². The number of piperazine rings is 1. The van der Waals surface area contributed by atoms with Crippen LogP contribution in [0.1, 0.15) is 5.56 Å². The molecule has 1 amide bonds. The second kappa shape index (κ2) is 9.61. The number of hydrogen-bond donors (Lipinski definition) is 1. The van der Waals surface area contributed by atoms with Gasteiger partial charge in [0.05, 0.1) is 24.0 Å². The highest BCUT2D eigenvalue weighted by molar-refractivity contribution is 5.99. The van der Waals surface area contributed by atoms with Crippen molar-refractivity contribution in [2.45, 2.75) is 6.54 Å². The van der Waals surface area contributed by atoms with E-state index < -0.39 is 0 Å². The Morgan fingerprint density at radius 2 is 1.84 bits per heavy atom. The van der Waals surface area contributed by atoms with Crippen molar-refractivity contribution in [1.29, 1.82) is 0 Å². The molecule has 3 aromatic rings. The number of pyridine rings is 1. The zero-order chi connectivity index (χ0) is 22.5. The van der Waals surface area contributed by atoms with Crippen LogP contribution in [0.5, 0.6) is 5.75 Å². The quantitative estimate of drug-likeness (QED) is 0.450. The third-order valence-electron chi connectivity index (χ3n) is 5.70. The number of fused-ring (bicyclic) bond motifs is 1. The number of ether oxygens (including phenoxy) is 1. The summed E-state index contributed by atoms with van der Waals surface area (Å²) in [6.45, 7) is 3.77. The van der Waals surface area contributed by atoms with Gasteiger partial charge in [-0.2, -0.15) is 0 Å². The second-order valence-corrected chi connectivity index (χ2v) is 7.67. The molecule has 1 aliphatic rings. The Bertz CT molecular complexity index is 1110. The smallest absolute Gasteiger partial charge is 0.278 e. The fourth-order valence-electron chi connectivity index (χ4n) is 3.94. The number of methoxy groups -OCH3 is 1. The average Bonchev–Trinajstić information content (AvgIpc) is 2.83. The van der Waals surface area contributed by atoms with Gasteiger partial charge in [0.15, 0.2) is 0 Å². The van der Waals surface area contributed by atoms with Crippen molar-refractivity contribution in [2.24, 2.45) is 0 Å². The summed E-state index contributed by atoms with van der Waals surface area (Å²) < 4.78 is 5.14. The van der Waals surface area contributed by atoms with Crippen LogP contribution in [0.2, 0.25) is 0 Å². The highest BCUT2D eigenvalue weighted by atomic mass is 16.6. The molecule has 2 aromatic carbocycles. The van der Waals surface area contributed by atoms with E-state index in [0.29, 0.717) is 18.5 Å². The molecule has 0 atom stereocenters. The first-order valence-electron chi connectivity index (χ1n) is 10.4. The number of non-ortho nitro benzene ring substituents is 1. The highest BCUT2D eigenvalue weighted by Gasteiger charge is 2.22. The molecule has 1 aliphatic heterocycles. The molecular formula is C23H25N5O4. The minimum Gasteiger partial charge on any atom is -0.497 e. The van der Waals surface area contributed by atoms with Crippen molar-refractivity contribution < 1.29 is 14.5 Å². The topological polar surface area (TPSA) is 101 Å². The summed E-state index contributed by atoms with van der Waals surface area (Å²) in [5.74, 6) is 0.774. The van der Waals surface area contributed by atoms with Crippen LogP contribution in [0.15, 0.2) is 54.9 Å². The average molecular weight is 435 g/mol. The minimum atomic E-state index is -0.379. The van der Waals surface area contributed by atoms with Crippen LogP contribution in [0, 0.1) is 10.1 Å². The number of benzene rings is 2. The summed E-state index contributed by atoms with van der Waals surface area (Å²) in [6.07, 6.45) is 3.19. The molecule has 4 rings (SSSR count). The van der Waals surface area contributed by atoms with Gasteiger partial charge in [-0.25, -0.2) is 0 Å². The van der Waals surface area contributed by atoms with E-state index in [-0.39, 0.29) is 16.5 Å². The maximum atomic E-state index is 12.4. The lowest BCUT2D eigenvalue weighted by Gasteiger charge is -2.36. The van der Waals surface area contributed by atoms with Crippen molar-refractivity contribution in [3.8, 4) is 5.75 Å². The molecule has 1 saturated heterocycles. The number of nitro groups is 1. The Hall–Kier alpha value is -3.72. The summed E-state index contributed by atoms with van der Waals surface area (Å²) in [6, 6.07) is 12.8. The predicted octanol–water partition coefficient (Wildman–Crippen LogP) is 2.59. The fraction of sp³-hybridized carbons (Fsp3) is 0.304. The summed E-state index contributed by atoms with van der Waals surface area (Å²) >= 11 is 0. The van der Waals surface area contributed by atoms with E-state index >= 15 is 0 Å². The number of aromatic nitrogens is 1. The number of rotatable bonds is 7. The molecule has 0 aliphatic carbocycles. The number of hydrogen-bond acceptors (Lipinski definition) is 7. The molecule has 32 heavy (non-hydrogen) atoms. The van der Waals surface area contributed by atoms with Gasteiger partial charge in [-0.15, -0.1) is 0 Å². The molecule has 1 aromatic heterocycles. The third-order valence-corrected chi connectivity index (χ3v) is 5.70. The van der Waals surface area contributed by atoms with Crippen LogP contribution >= 0.6 is 0 Å². The van der Waals surface area contributed by atoms with Crippen molar-refractivity contribution in [3.05, 3.63) is 70.5 Å². The molecular weight excluding hydrogens is 410 g/mol. The first-order chi connectivity index (χ1) is 15.5. The van der Waals surface area contributed by atoms with Crippen molar-refractivity contribution >= 4 is 28.1 Å². The van der Waals surface area contributed by atoms with E-state index in [1.165, 1.54) is 0 Å². The first kappa shape index (κ1) is 21.5. The van der Waals surface area contributed by atoms with Crippen molar-refractivity contribution in [3.63, 3.8) is 0 Å². The van der Waals surface area contributed by atoms with Gasteiger partial charge in [0.25, 0.3) is 5.69 Å². The lowest BCUT2D eigenvalue weighted by atomic mass is 10.1. The van der Waals surface area contributed by atoms with Gasteiger partial charge in [-0.05, 0) is 29.8 Å². The van der Waals surface area contributed by atoms with Crippen LogP contribution in [0.25, 0.3) is 10.8 Å². The largest absolute Gasteiger partial charge is 0.497 e. The fourth-order valence-corrected chi connectivity index (χ4v) is 3.94. The maximum absolute atomic E-state index is 12.4. The molecule has 166 valence electrons. The van der Waals surface area contributed by atoms with E-state index in [1.54, 1.807) is 31.6 Å². The van der Waals surface area contributed by atoms with Gasteiger partial charge in [0, 0.05) is 62.3 Å². The SMILES string of the molecule is COc1ccc(CNC(=O)CN2CCN(c3ccc([N+](=O)[O-])c4cnccc34)CC2)cc1. The number of amides is 1. The lowest BCUT2D eigenvalue weighted by molar-refractivity contribution is -0.383.